The van der Waals surface area contributed by atoms with Crippen molar-refractivity contribution in [1.29, 1.82) is 0 Å². The molecule has 22 heteroatoms. The van der Waals surface area contributed by atoms with Gasteiger partial charge in [-0.15, -0.1) is 0 Å². The Labute approximate surface area is 329 Å². The van der Waals surface area contributed by atoms with Crippen LogP contribution in [-0.2, 0) is 40.5 Å². The topological polar surface area (TPSA) is 209 Å². The minimum Gasteiger partial charge on any atom is -0.508 e. The molecular weight excluding hydrogens is 796 g/mol. The van der Waals surface area contributed by atoms with E-state index < -0.39 is 55.3 Å². The molecule has 0 aliphatic carbocycles. The van der Waals surface area contributed by atoms with Gasteiger partial charge in [0, 0.05) is 58.1 Å². The van der Waals surface area contributed by atoms with Gasteiger partial charge in [-0.25, -0.2) is 10.2 Å². The lowest BCUT2D eigenvalue weighted by atomic mass is 9.76. The van der Waals surface area contributed by atoms with Gasteiger partial charge in [0.15, 0.2) is 11.4 Å². The first-order chi connectivity index (χ1) is 25.5. The van der Waals surface area contributed by atoms with E-state index in [9.17, 15) is 29.6 Å². The Morgan fingerprint density at radius 1 is 0.963 bits per heavy atom. The number of fused-ring (bicyclic) bond motifs is 2. The van der Waals surface area contributed by atoms with Crippen molar-refractivity contribution >= 4 is 82.4 Å². The Morgan fingerprint density at radius 3 is 2.11 bits per heavy atom. The van der Waals surface area contributed by atoms with Crippen LogP contribution in [0.5, 0.6) is 23.0 Å². The average Bonchev–Trinajstić information content (AvgIpc) is 3.64. The third-order valence-corrected chi connectivity index (χ3v) is 13.1. The molecule has 0 amide bonds. The maximum atomic E-state index is 12.5. The number of ether oxygens (including phenoxy) is 3. The lowest BCUT2D eigenvalue weighted by Crippen LogP contribution is -2.44. The molecule has 0 aromatic heterocycles. The van der Waals surface area contributed by atoms with Crippen LogP contribution in [0.25, 0.3) is 0 Å². The zero-order valence-corrected chi connectivity index (χ0v) is 32.8. The summed E-state index contributed by atoms with van der Waals surface area (Å²) in [6, 6.07) is 10.8. The predicted molar refractivity (Wildman–Crippen MR) is 212 cm³/mol. The van der Waals surface area contributed by atoms with Gasteiger partial charge in [-0.05, 0) is 80.3 Å². The number of aldehydes is 1. The van der Waals surface area contributed by atoms with E-state index in [-0.39, 0.29) is 70.0 Å². The Balaban J connectivity index is 1.12. The van der Waals surface area contributed by atoms with E-state index in [1.165, 1.54) is 49.5 Å². The zero-order chi connectivity index (χ0) is 39.0. The van der Waals surface area contributed by atoms with Crippen molar-refractivity contribution < 1.29 is 52.8 Å². The van der Waals surface area contributed by atoms with Crippen molar-refractivity contribution in [2.45, 2.75) is 54.7 Å². The highest BCUT2D eigenvalue weighted by molar-refractivity contribution is 8.45. The van der Waals surface area contributed by atoms with E-state index in [1.807, 2.05) is 0 Å². The van der Waals surface area contributed by atoms with Crippen LogP contribution in [0.2, 0.25) is 0 Å². The van der Waals surface area contributed by atoms with Crippen molar-refractivity contribution in [2.24, 2.45) is 0 Å². The second-order valence-electron chi connectivity index (χ2n) is 12.8. The number of rotatable bonds is 13. The first kappa shape index (κ1) is 41.1. The molecule has 3 aromatic carbocycles. The molecule has 0 saturated carbocycles. The standard InChI is InChI=1S/C32H36B2N4O11P2S3/c1-35-50(43,53)45-15-28-24(12-30(34)49-28)38-51(44,54)46-14-27-23(11-29(33)48-27)37-31(52)36-17-2-5-20(16(8-17)13-39)32(42)21-6-3-18(40)9-25(21)47-26-10-19(41)4-7-22(26)32/h2-10,13,23-24,27-30,40-42H,11-12,14-15H2,1H3,(H2,35,43,53)(H2,36,37,52)(H2,38,44,54). The van der Waals surface area contributed by atoms with Crippen LogP contribution in [0.3, 0.4) is 0 Å². The summed E-state index contributed by atoms with van der Waals surface area (Å²) < 4.78 is 40.6. The van der Waals surface area contributed by atoms with Gasteiger partial charge in [0.1, 0.15) is 50.4 Å². The van der Waals surface area contributed by atoms with Crippen LogP contribution in [0, 0.1) is 0 Å². The third kappa shape index (κ3) is 9.18. The third-order valence-electron chi connectivity index (χ3n) is 9.08. The minimum atomic E-state index is -3.64. The summed E-state index contributed by atoms with van der Waals surface area (Å²) >= 11 is 14.9. The smallest absolute Gasteiger partial charge is 0.323 e. The van der Waals surface area contributed by atoms with Crippen LogP contribution in [-0.4, -0.2) is 104 Å². The lowest BCUT2D eigenvalue weighted by Gasteiger charge is -2.37. The van der Waals surface area contributed by atoms with Crippen LogP contribution < -0.4 is 25.5 Å². The molecule has 3 heterocycles. The first-order valence-electron chi connectivity index (χ1n) is 16.5. The van der Waals surface area contributed by atoms with E-state index >= 15 is 0 Å². The van der Waals surface area contributed by atoms with Crippen molar-refractivity contribution in [1.82, 2.24) is 15.5 Å². The highest BCUT2D eigenvalue weighted by Gasteiger charge is 2.44. The van der Waals surface area contributed by atoms with Gasteiger partial charge in [0.05, 0.1) is 25.4 Å². The summed E-state index contributed by atoms with van der Waals surface area (Å²) in [5, 5.41) is 44.3. The molecule has 15 nitrogen and oxygen atoms in total. The van der Waals surface area contributed by atoms with E-state index in [0.717, 1.165) is 0 Å². The fourth-order valence-electron chi connectivity index (χ4n) is 6.56. The number of hydrogen-bond acceptors (Lipinski definition) is 12. The molecule has 284 valence electrons. The molecule has 0 spiro atoms. The van der Waals surface area contributed by atoms with Gasteiger partial charge in [-0.3, -0.25) is 9.36 Å². The summed E-state index contributed by atoms with van der Waals surface area (Å²) in [6.07, 6.45) is -0.175. The largest absolute Gasteiger partial charge is 0.508 e. The molecule has 3 aromatic rings. The predicted octanol–water partition coefficient (Wildman–Crippen LogP) is 2.99. The van der Waals surface area contributed by atoms with E-state index in [1.54, 1.807) is 12.1 Å². The van der Waals surface area contributed by atoms with Gasteiger partial charge < -0.3 is 54.1 Å². The molecule has 0 bridgehead atoms. The van der Waals surface area contributed by atoms with Crippen LogP contribution in [0.15, 0.2) is 54.6 Å². The molecule has 8 atom stereocenters. The number of thiocarbonyl (C=S) groups is 1. The Hall–Kier alpha value is -2.54. The number of aliphatic hydroxyl groups is 1. The fraction of sp³-hybridized carbons (Fsp3) is 0.375. The van der Waals surface area contributed by atoms with Crippen LogP contribution in [0.4, 0.5) is 5.69 Å². The van der Waals surface area contributed by atoms with E-state index in [0.29, 0.717) is 18.4 Å². The van der Waals surface area contributed by atoms with E-state index in [2.05, 4.69) is 33.1 Å². The number of carbonyl (C=O) groups excluding carboxylic acids is 1. The number of aromatic hydroxyl groups is 2. The normalized spacial score (nSPS) is 26.4. The van der Waals surface area contributed by atoms with Gasteiger partial charge in [0.25, 0.3) is 6.64 Å². The number of carbonyl (C=O) groups is 1. The number of anilines is 1. The number of hydrogen-bond donors (Lipinski definition) is 9. The quantitative estimate of drug-likeness (QED) is 0.0399. The molecule has 4 radical (unpaired) electrons. The first-order valence-corrected chi connectivity index (χ1v) is 22.3. The van der Waals surface area contributed by atoms with Gasteiger partial charge in [-0.2, -0.15) is 0 Å². The van der Waals surface area contributed by atoms with Gasteiger partial charge >= 0.3 is 6.72 Å². The summed E-state index contributed by atoms with van der Waals surface area (Å²) in [6.45, 7) is -7.28. The van der Waals surface area contributed by atoms with E-state index in [4.69, 9.17) is 63.0 Å². The van der Waals surface area contributed by atoms with Crippen molar-refractivity contribution in [3.05, 3.63) is 76.9 Å². The zero-order valence-electron chi connectivity index (χ0n) is 28.5. The Morgan fingerprint density at radius 2 is 1.52 bits per heavy atom. The maximum absolute atomic E-state index is 12.5. The second-order valence-corrected chi connectivity index (χ2v) is 19.6. The van der Waals surface area contributed by atoms with Crippen LogP contribution in [0.1, 0.15) is 39.9 Å². The Kier molecular flexibility index (Phi) is 12.6. The fourth-order valence-corrected chi connectivity index (χ4v) is 9.21. The number of phenolic OH excluding ortho intramolecular Hbond substituents is 2. The molecule has 2 saturated heterocycles. The molecule has 8 N–H and O–H groups in total. The summed E-state index contributed by atoms with van der Waals surface area (Å²) in [7, 11) is 13.5. The molecule has 2 fully saturated rings. The maximum Gasteiger partial charge on any atom is 0.323 e. The van der Waals surface area contributed by atoms with Crippen molar-refractivity contribution in [3.8, 4) is 23.0 Å². The number of benzene rings is 3. The number of nitrogens with one attached hydrogen (secondary N) is 4. The molecule has 6 rings (SSSR count). The molecular formula is C32H36B2N4O11P2S3. The molecule has 8 unspecified atom stereocenters. The van der Waals surface area contributed by atoms with Gasteiger partial charge in [-0.1, -0.05) is 18.3 Å². The lowest BCUT2D eigenvalue weighted by molar-refractivity contribution is 0.0385. The number of phenols is 2. The average molecular weight is 832 g/mol. The monoisotopic (exact) mass is 832 g/mol. The van der Waals surface area contributed by atoms with Gasteiger partial charge in [0.2, 0.25) is 0 Å². The molecule has 3 aliphatic rings. The molecule has 3 aliphatic heterocycles. The summed E-state index contributed by atoms with van der Waals surface area (Å²) in [4.78, 5) is 23.5. The Bertz CT molecular complexity index is 1970. The van der Waals surface area contributed by atoms with Crippen LogP contribution >= 0.6 is 37.8 Å². The van der Waals surface area contributed by atoms with Crippen molar-refractivity contribution in [3.63, 3.8) is 0 Å². The van der Waals surface area contributed by atoms with Crippen molar-refractivity contribution in [2.75, 3.05) is 25.6 Å². The SMILES string of the molecule is [B]C1CC(NC(=S)Nc2ccc(C3(O)c4ccc(O)cc4Oc4cc(O)ccc43)c(C=O)c2)C(COP(O)(=S)NC2CC([B])OC2COP(=O)(S)NC)O1. The highest BCUT2D eigenvalue weighted by atomic mass is 32.7. The summed E-state index contributed by atoms with van der Waals surface area (Å²) in [5.41, 5.74) is -0.602. The summed E-state index contributed by atoms with van der Waals surface area (Å²) in [5.74, 6) is 0.0820. The minimum absolute atomic E-state index is 0.103. The highest BCUT2D eigenvalue weighted by Crippen LogP contribution is 2.52. The second kappa shape index (κ2) is 16.5. The number of thiol groups is 1. The molecule has 54 heavy (non-hydrogen) atoms.